The van der Waals surface area contributed by atoms with Crippen LogP contribution in [0.5, 0.6) is 0 Å². The van der Waals surface area contributed by atoms with E-state index in [9.17, 15) is 19.7 Å². The van der Waals surface area contributed by atoms with E-state index in [0.717, 1.165) is 12.1 Å². The van der Waals surface area contributed by atoms with Crippen LogP contribution in [0.25, 0.3) is 10.9 Å². The van der Waals surface area contributed by atoms with Crippen LogP contribution in [-0.2, 0) is 0 Å². The number of non-ortho nitro benzene ring substituents is 1. The van der Waals surface area contributed by atoms with E-state index in [1.807, 2.05) is 13.8 Å². The zero-order valence-corrected chi connectivity index (χ0v) is 18.2. The van der Waals surface area contributed by atoms with Crippen molar-refractivity contribution in [3.63, 3.8) is 0 Å². The highest BCUT2D eigenvalue weighted by Crippen LogP contribution is 2.32. The summed E-state index contributed by atoms with van der Waals surface area (Å²) in [5, 5.41) is 14.8. The number of fused-ring (bicyclic) bond motifs is 1. The van der Waals surface area contributed by atoms with Gasteiger partial charge in [0.05, 0.1) is 31.6 Å². The highest BCUT2D eigenvalue weighted by atomic mass is 35.5. The number of aromatic nitrogens is 1. The van der Waals surface area contributed by atoms with Crippen molar-refractivity contribution >= 4 is 68.7 Å². The summed E-state index contributed by atoms with van der Waals surface area (Å²) in [5.74, 6) is -0.324. The Bertz CT molecular complexity index is 1240. The highest BCUT2D eigenvalue weighted by molar-refractivity contribution is 6.36. The Hall–Kier alpha value is -2.61. The van der Waals surface area contributed by atoms with E-state index in [4.69, 9.17) is 34.8 Å². The number of halogens is 3. The number of carbonyl (C=O) groups is 1. The molecule has 0 radical (unpaired) electrons. The molecule has 0 bridgehead atoms. The Morgan fingerprint density at radius 2 is 1.87 bits per heavy atom. The normalized spacial score (nSPS) is 11.1. The zero-order valence-electron chi connectivity index (χ0n) is 15.9. The van der Waals surface area contributed by atoms with Crippen LogP contribution >= 0.6 is 34.8 Å². The van der Waals surface area contributed by atoms with Gasteiger partial charge in [0.15, 0.2) is 5.78 Å². The number of hydrogen-bond donors (Lipinski definition) is 2. The molecule has 0 saturated heterocycles. The molecule has 0 saturated carbocycles. The highest BCUT2D eigenvalue weighted by Gasteiger charge is 2.23. The fraction of sp³-hybridized carbons (Fsp3) is 0.200. The molecule has 3 rings (SSSR count). The van der Waals surface area contributed by atoms with E-state index in [-0.39, 0.29) is 50.4 Å². The monoisotopic (exact) mass is 467 g/mol. The maximum absolute atomic E-state index is 13.2. The zero-order chi connectivity index (χ0) is 22.2. The van der Waals surface area contributed by atoms with Crippen LogP contribution in [0.3, 0.4) is 0 Å². The van der Waals surface area contributed by atoms with Gasteiger partial charge in [-0.3, -0.25) is 19.7 Å². The van der Waals surface area contributed by atoms with Crippen molar-refractivity contribution < 1.29 is 9.72 Å². The number of hydrogen-bond acceptors (Lipinski definition) is 5. The Labute approximate surface area is 186 Å². The SMILES string of the molecule is CC(C)CC(=O)c1c(Nc2ccc(Cl)cc2Cl)[nH]c2c(Cl)cc([N+](=O)[O-])cc2c1=O. The molecule has 2 aromatic carbocycles. The summed E-state index contributed by atoms with van der Waals surface area (Å²) in [6.45, 7) is 3.69. The minimum Gasteiger partial charge on any atom is -0.340 e. The number of nitro groups is 1. The van der Waals surface area contributed by atoms with Crippen LogP contribution in [-0.4, -0.2) is 15.7 Å². The van der Waals surface area contributed by atoms with Gasteiger partial charge in [0.2, 0.25) is 5.43 Å². The molecule has 0 spiro atoms. The lowest BCUT2D eigenvalue weighted by Gasteiger charge is -2.15. The van der Waals surface area contributed by atoms with Crippen molar-refractivity contribution in [3.8, 4) is 0 Å². The van der Waals surface area contributed by atoms with Gasteiger partial charge in [-0.2, -0.15) is 0 Å². The standard InChI is InChI=1S/C20H16Cl3N3O4/c1-9(2)5-16(27)17-19(28)12-7-11(26(29)30)8-14(23)18(12)25-20(17)24-15-4-3-10(21)6-13(15)22/h3-4,6-9H,5H2,1-2H3,(H2,24,25,28). The van der Waals surface area contributed by atoms with Crippen LogP contribution in [0.2, 0.25) is 15.1 Å². The molecule has 156 valence electrons. The fourth-order valence-corrected chi connectivity index (χ4v) is 3.71. The van der Waals surface area contributed by atoms with Gasteiger partial charge in [0.25, 0.3) is 5.69 Å². The van der Waals surface area contributed by atoms with E-state index in [0.29, 0.717) is 10.7 Å². The van der Waals surface area contributed by atoms with Crippen LogP contribution in [0.15, 0.2) is 35.1 Å². The smallest absolute Gasteiger partial charge is 0.271 e. The number of aromatic amines is 1. The van der Waals surface area contributed by atoms with E-state index in [1.54, 1.807) is 12.1 Å². The molecule has 0 fully saturated rings. The number of benzene rings is 2. The summed E-state index contributed by atoms with van der Waals surface area (Å²) in [6, 6.07) is 6.94. The number of nitrogens with zero attached hydrogens (tertiary/aromatic N) is 1. The number of anilines is 2. The van der Waals surface area contributed by atoms with E-state index >= 15 is 0 Å². The molecule has 1 aromatic heterocycles. The molecule has 3 aromatic rings. The number of Topliss-reactive ketones (excluding diaryl/α,β-unsaturated/α-hetero) is 1. The Morgan fingerprint density at radius 3 is 2.47 bits per heavy atom. The second kappa shape index (κ2) is 8.63. The first-order valence-electron chi connectivity index (χ1n) is 8.87. The van der Waals surface area contributed by atoms with Gasteiger partial charge in [-0.25, -0.2) is 0 Å². The van der Waals surface area contributed by atoms with Gasteiger partial charge in [-0.1, -0.05) is 48.7 Å². The predicted molar refractivity (Wildman–Crippen MR) is 120 cm³/mol. The second-order valence-electron chi connectivity index (χ2n) is 7.08. The molecule has 0 unspecified atom stereocenters. The molecule has 0 amide bonds. The molecule has 30 heavy (non-hydrogen) atoms. The number of H-pyrrole nitrogens is 1. The van der Waals surface area contributed by atoms with Gasteiger partial charge in [0.1, 0.15) is 11.4 Å². The Kier molecular flexibility index (Phi) is 6.36. The van der Waals surface area contributed by atoms with Gasteiger partial charge in [0, 0.05) is 23.6 Å². The number of pyridine rings is 1. The van der Waals surface area contributed by atoms with Crippen molar-refractivity contribution in [1.82, 2.24) is 4.98 Å². The first-order valence-corrected chi connectivity index (χ1v) is 10.0. The minimum absolute atomic E-state index is 0.00624. The van der Waals surface area contributed by atoms with Gasteiger partial charge in [-0.15, -0.1) is 0 Å². The fourth-order valence-electron chi connectivity index (χ4n) is 3.00. The van der Waals surface area contributed by atoms with E-state index in [2.05, 4.69) is 10.3 Å². The number of nitro benzene ring substituents is 1. The topological polar surface area (TPSA) is 105 Å². The van der Waals surface area contributed by atoms with Crippen LogP contribution in [0.4, 0.5) is 17.2 Å². The summed E-state index contributed by atoms with van der Waals surface area (Å²) in [7, 11) is 0. The van der Waals surface area contributed by atoms with Crippen LogP contribution in [0.1, 0.15) is 30.6 Å². The summed E-state index contributed by atoms with van der Waals surface area (Å²) in [5.41, 5.74) is -0.582. The van der Waals surface area contributed by atoms with Crippen LogP contribution < -0.4 is 10.7 Å². The summed E-state index contributed by atoms with van der Waals surface area (Å²) in [4.78, 5) is 39.6. The molecule has 2 N–H and O–H groups in total. The molecule has 1 heterocycles. The summed E-state index contributed by atoms with van der Waals surface area (Å²) in [6.07, 6.45) is 0.111. The quantitative estimate of drug-likeness (QED) is 0.248. The first-order chi connectivity index (χ1) is 14.1. The minimum atomic E-state index is -0.660. The average Bonchev–Trinajstić information content (AvgIpc) is 2.64. The van der Waals surface area contributed by atoms with Gasteiger partial charge < -0.3 is 10.3 Å². The summed E-state index contributed by atoms with van der Waals surface area (Å²) < 4.78 is 0. The van der Waals surface area contributed by atoms with Crippen molar-refractivity contribution in [2.75, 3.05) is 5.32 Å². The molecule has 0 aliphatic carbocycles. The van der Waals surface area contributed by atoms with E-state index in [1.165, 1.54) is 6.07 Å². The van der Waals surface area contributed by atoms with Crippen molar-refractivity contribution in [2.45, 2.75) is 20.3 Å². The number of nitrogens with one attached hydrogen (secondary N) is 2. The molecule has 0 aliphatic rings. The number of rotatable bonds is 6. The number of ketones is 1. The molecule has 7 nitrogen and oxygen atoms in total. The molecular formula is C20H16Cl3N3O4. The maximum atomic E-state index is 13.2. The number of carbonyl (C=O) groups excluding carboxylic acids is 1. The first kappa shape index (κ1) is 22.1. The lowest BCUT2D eigenvalue weighted by atomic mass is 9.99. The molecule has 0 aliphatic heterocycles. The lowest BCUT2D eigenvalue weighted by molar-refractivity contribution is -0.384. The Morgan fingerprint density at radius 1 is 1.17 bits per heavy atom. The third-order valence-corrected chi connectivity index (χ3v) is 5.17. The lowest BCUT2D eigenvalue weighted by Crippen LogP contribution is -2.20. The van der Waals surface area contributed by atoms with E-state index < -0.39 is 16.1 Å². The average molecular weight is 469 g/mol. The summed E-state index contributed by atoms with van der Waals surface area (Å²) >= 11 is 18.3. The van der Waals surface area contributed by atoms with Crippen molar-refractivity contribution in [2.24, 2.45) is 5.92 Å². The largest absolute Gasteiger partial charge is 0.340 e. The molecule has 0 atom stereocenters. The molecular weight excluding hydrogens is 453 g/mol. The third kappa shape index (κ3) is 4.43. The van der Waals surface area contributed by atoms with Gasteiger partial charge in [-0.05, 0) is 24.1 Å². The molecule has 10 heteroatoms. The predicted octanol–water partition coefficient (Wildman–Crippen LogP) is 6.37. The van der Waals surface area contributed by atoms with Crippen molar-refractivity contribution in [1.29, 1.82) is 0 Å². The third-order valence-electron chi connectivity index (χ3n) is 4.32. The van der Waals surface area contributed by atoms with Gasteiger partial charge >= 0.3 is 0 Å². The van der Waals surface area contributed by atoms with Crippen molar-refractivity contribution in [3.05, 3.63) is 71.3 Å². The second-order valence-corrected chi connectivity index (χ2v) is 8.33. The van der Waals surface area contributed by atoms with Crippen LogP contribution in [0, 0.1) is 16.0 Å². The Balaban J connectivity index is 2.29. The maximum Gasteiger partial charge on any atom is 0.271 e.